The molecule has 0 amide bonds. The highest BCUT2D eigenvalue weighted by molar-refractivity contribution is 14.1. The van der Waals surface area contributed by atoms with Crippen molar-refractivity contribution in [1.29, 1.82) is 0 Å². The molecule has 2 aromatic rings. The van der Waals surface area contributed by atoms with Gasteiger partial charge in [-0.2, -0.15) is 0 Å². The van der Waals surface area contributed by atoms with Crippen molar-refractivity contribution < 1.29 is 4.42 Å². The second-order valence-corrected chi connectivity index (χ2v) is 5.24. The van der Waals surface area contributed by atoms with Crippen molar-refractivity contribution >= 4 is 34.0 Å². The number of anilines is 2. The van der Waals surface area contributed by atoms with Crippen LogP contribution in [0.4, 0.5) is 11.4 Å². The van der Waals surface area contributed by atoms with Crippen LogP contribution in [0.2, 0.25) is 0 Å². The van der Waals surface area contributed by atoms with Crippen molar-refractivity contribution in [2.45, 2.75) is 13.5 Å². The Morgan fingerprint density at radius 2 is 2.06 bits per heavy atom. The van der Waals surface area contributed by atoms with Crippen LogP contribution in [0.1, 0.15) is 11.5 Å². The van der Waals surface area contributed by atoms with Gasteiger partial charge in [-0.15, -0.1) is 0 Å². The number of nitrogens with two attached hydrogens (primary N) is 1. The average Bonchev–Trinajstić information content (AvgIpc) is 2.63. The van der Waals surface area contributed by atoms with Crippen LogP contribution in [0.15, 0.2) is 34.7 Å². The first kappa shape index (κ1) is 12.3. The molecule has 1 aromatic heterocycles. The van der Waals surface area contributed by atoms with Crippen LogP contribution in [-0.2, 0) is 6.54 Å². The summed E-state index contributed by atoms with van der Waals surface area (Å²) in [5.74, 6) is 1.91. The summed E-state index contributed by atoms with van der Waals surface area (Å²) >= 11 is 2.30. The lowest BCUT2D eigenvalue weighted by Crippen LogP contribution is -2.17. The van der Waals surface area contributed by atoms with E-state index in [0.29, 0.717) is 0 Å². The van der Waals surface area contributed by atoms with E-state index in [1.165, 1.54) is 0 Å². The van der Waals surface area contributed by atoms with E-state index >= 15 is 0 Å². The lowest BCUT2D eigenvalue weighted by atomic mass is 10.2. The summed E-state index contributed by atoms with van der Waals surface area (Å²) in [7, 11) is 2.05. The standard InChI is InChI=1S/C13H15IN2O/c1-9-3-5-11(17-9)8-16(2)13-6-4-10(15)7-12(13)14/h3-7H,8,15H2,1-2H3. The zero-order valence-corrected chi connectivity index (χ0v) is 12.1. The van der Waals surface area contributed by atoms with Gasteiger partial charge >= 0.3 is 0 Å². The number of nitrogen functional groups attached to an aromatic ring is 1. The predicted molar refractivity (Wildman–Crippen MR) is 79.1 cm³/mol. The monoisotopic (exact) mass is 342 g/mol. The number of benzene rings is 1. The summed E-state index contributed by atoms with van der Waals surface area (Å²) in [4.78, 5) is 2.15. The van der Waals surface area contributed by atoms with Gasteiger partial charge in [-0.25, -0.2) is 0 Å². The van der Waals surface area contributed by atoms with Gasteiger partial charge in [0, 0.05) is 16.3 Å². The third-order valence-electron chi connectivity index (χ3n) is 2.57. The normalized spacial score (nSPS) is 10.5. The maximum atomic E-state index is 5.74. The van der Waals surface area contributed by atoms with Gasteiger partial charge in [0.1, 0.15) is 11.5 Å². The molecule has 0 aliphatic carbocycles. The van der Waals surface area contributed by atoms with E-state index in [2.05, 4.69) is 27.5 Å². The molecule has 0 spiro atoms. The van der Waals surface area contributed by atoms with Gasteiger partial charge in [-0.05, 0) is 59.8 Å². The van der Waals surface area contributed by atoms with Crippen LogP contribution in [0, 0.1) is 10.5 Å². The number of rotatable bonds is 3. The fraction of sp³-hybridized carbons (Fsp3) is 0.231. The number of hydrogen-bond acceptors (Lipinski definition) is 3. The van der Waals surface area contributed by atoms with Crippen molar-refractivity contribution in [2.75, 3.05) is 17.7 Å². The Balaban J connectivity index is 2.17. The molecule has 3 nitrogen and oxygen atoms in total. The molecule has 0 saturated heterocycles. The molecule has 0 radical (unpaired) electrons. The quantitative estimate of drug-likeness (QED) is 0.687. The Morgan fingerprint density at radius 3 is 2.65 bits per heavy atom. The second kappa shape index (κ2) is 5.00. The van der Waals surface area contributed by atoms with E-state index in [9.17, 15) is 0 Å². The van der Waals surface area contributed by atoms with Crippen molar-refractivity contribution in [3.8, 4) is 0 Å². The molecule has 2 rings (SSSR count). The van der Waals surface area contributed by atoms with Gasteiger partial charge < -0.3 is 15.1 Å². The van der Waals surface area contributed by atoms with Crippen LogP contribution < -0.4 is 10.6 Å². The molecular formula is C13H15IN2O. The van der Waals surface area contributed by atoms with Crippen LogP contribution in [0.5, 0.6) is 0 Å². The Morgan fingerprint density at radius 1 is 1.29 bits per heavy atom. The van der Waals surface area contributed by atoms with Gasteiger partial charge in [0.2, 0.25) is 0 Å². The van der Waals surface area contributed by atoms with Crippen molar-refractivity contribution in [2.24, 2.45) is 0 Å². The van der Waals surface area contributed by atoms with Crippen molar-refractivity contribution in [3.63, 3.8) is 0 Å². The summed E-state index contributed by atoms with van der Waals surface area (Å²) < 4.78 is 6.72. The van der Waals surface area contributed by atoms with Gasteiger partial charge in [0.25, 0.3) is 0 Å². The summed E-state index contributed by atoms with van der Waals surface area (Å²) in [6.07, 6.45) is 0. The second-order valence-electron chi connectivity index (χ2n) is 4.08. The number of furan rings is 1. The fourth-order valence-electron chi connectivity index (χ4n) is 1.72. The van der Waals surface area contributed by atoms with E-state index in [1.807, 2.05) is 44.3 Å². The van der Waals surface area contributed by atoms with Crippen LogP contribution in [-0.4, -0.2) is 7.05 Å². The fourth-order valence-corrected chi connectivity index (χ4v) is 2.67. The molecule has 0 aliphatic heterocycles. The van der Waals surface area contributed by atoms with Gasteiger partial charge in [0.15, 0.2) is 0 Å². The lowest BCUT2D eigenvalue weighted by molar-refractivity contribution is 0.481. The minimum absolute atomic E-state index is 0.758. The average molecular weight is 342 g/mol. The molecule has 1 aromatic carbocycles. The van der Waals surface area contributed by atoms with Crippen molar-refractivity contribution in [3.05, 3.63) is 45.4 Å². The Hall–Kier alpha value is -1.17. The molecular weight excluding hydrogens is 327 g/mol. The lowest BCUT2D eigenvalue weighted by Gasteiger charge is -2.19. The number of hydrogen-bond donors (Lipinski definition) is 1. The summed E-state index contributed by atoms with van der Waals surface area (Å²) in [5, 5.41) is 0. The van der Waals surface area contributed by atoms with E-state index in [-0.39, 0.29) is 0 Å². The summed E-state index contributed by atoms with van der Waals surface area (Å²) in [5.41, 5.74) is 7.69. The Kier molecular flexibility index (Phi) is 3.61. The highest BCUT2D eigenvalue weighted by atomic mass is 127. The molecule has 1 heterocycles. The zero-order valence-electron chi connectivity index (χ0n) is 9.90. The minimum Gasteiger partial charge on any atom is -0.464 e. The summed E-state index contributed by atoms with van der Waals surface area (Å²) in [6.45, 7) is 2.71. The van der Waals surface area contributed by atoms with E-state index < -0.39 is 0 Å². The molecule has 0 bridgehead atoms. The Labute approximate surface area is 115 Å². The van der Waals surface area contributed by atoms with Gasteiger partial charge in [-0.3, -0.25) is 0 Å². The predicted octanol–water partition coefficient (Wildman–Crippen LogP) is 3.41. The molecule has 4 heteroatoms. The third-order valence-corrected chi connectivity index (χ3v) is 3.44. The first-order chi connectivity index (χ1) is 8.06. The topological polar surface area (TPSA) is 42.4 Å². The zero-order chi connectivity index (χ0) is 12.4. The van der Waals surface area contributed by atoms with E-state index in [1.54, 1.807) is 0 Å². The molecule has 0 fully saturated rings. The highest BCUT2D eigenvalue weighted by Crippen LogP contribution is 2.25. The molecule has 0 aliphatic rings. The first-order valence-electron chi connectivity index (χ1n) is 5.38. The largest absolute Gasteiger partial charge is 0.464 e. The maximum absolute atomic E-state index is 5.74. The van der Waals surface area contributed by atoms with E-state index in [4.69, 9.17) is 10.2 Å². The van der Waals surface area contributed by atoms with Crippen LogP contribution in [0.3, 0.4) is 0 Å². The molecule has 90 valence electrons. The van der Waals surface area contributed by atoms with Crippen LogP contribution in [0.25, 0.3) is 0 Å². The molecule has 17 heavy (non-hydrogen) atoms. The maximum Gasteiger partial charge on any atom is 0.123 e. The third kappa shape index (κ3) is 2.94. The SMILES string of the molecule is Cc1ccc(CN(C)c2ccc(N)cc2I)o1. The first-order valence-corrected chi connectivity index (χ1v) is 6.45. The highest BCUT2D eigenvalue weighted by Gasteiger charge is 2.08. The van der Waals surface area contributed by atoms with Gasteiger partial charge in [-0.1, -0.05) is 0 Å². The smallest absolute Gasteiger partial charge is 0.123 e. The molecule has 2 N–H and O–H groups in total. The number of halogens is 1. The Bertz CT molecular complexity index is 522. The molecule has 0 saturated carbocycles. The minimum atomic E-state index is 0.758. The summed E-state index contributed by atoms with van der Waals surface area (Å²) in [6, 6.07) is 9.92. The molecule has 0 atom stereocenters. The number of nitrogens with zero attached hydrogens (tertiary/aromatic N) is 1. The molecule has 0 unspecified atom stereocenters. The van der Waals surface area contributed by atoms with Gasteiger partial charge in [0.05, 0.1) is 12.2 Å². The van der Waals surface area contributed by atoms with E-state index in [0.717, 1.165) is 33.0 Å². The van der Waals surface area contributed by atoms with Crippen molar-refractivity contribution in [1.82, 2.24) is 0 Å². The van der Waals surface area contributed by atoms with Crippen LogP contribution >= 0.6 is 22.6 Å². The number of aryl methyl sites for hydroxylation is 1.